The van der Waals surface area contributed by atoms with Gasteiger partial charge in [-0.3, -0.25) is 4.79 Å². The molecule has 0 radical (unpaired) electrons. The maximum Gasteiger partial charge on any atom is 0.227 e. The van der Waals surface area contributed by atoms with E-state index in [9.17, 15) is 4.79 Å². The third-order valence-electron chi connectivity index (χ3n) is 2.87. The van der Waals surface area contributed by atoms with Crippen LogP contribution >= 0.6 is 24.4 Å². The number of rotatable bonds is 2. The lowest BCUT2D eigenvalue weighted by molar-refractivity contribution is -0.130. The molecule has 1 aromatic carbocycles. The maximum absolute atomic E-state index is 12.1. The first-order chi connectivity index (χ1) is 8.25. The Labute approximate surface area is 112 Å². The van der Waals surface area contributed by atoms with Crippen molar-refractivity contribution < 1.29 is 4.79 Å². The van der Waals surface area contributed by atoms with E-state index in [1.54, 1.807) is 0 Å². The molecule has 92 valence electrons. The van der Waals surface area contributed by atoms with E-state index in [1.807, 2.05) is 40.9 Å². The molecule has 4 heteroatoms. The molecule has 1 amide bonds. The molecule has 0 N–H and O–H groups in total. The van der Waals surface area contributed by atoms with Crippen LogP contribution in [0.5, 0.6) is 0 Å². The molecule has 1 fully saturated rings. The molecule has 0 aliphatic carbocycles. The van der Waals surface area contributed by atoms with Crippen LogP contribution in [0.2, 0.25) is 0 Å². The number of thioether (sulfide) groups is 1. The molecular weight excluding hydrogens is 250 g/mol. The second kappa shape index (κ2) is 6.36. The minimum absolute atomic E-state index is 0.249. The molecule has 1 aliphatic rings. The van der Waals surface area contributed by atoms with Crippen molar-refractivity contribution in [2.45, 2.75) is 17.7 Å². The molecule has 0 unspecified atom stereocenters. The SMILES string of the molecule is O=C(Cc1ccc(S)cc1)N1CCCSCC1. The van der Waals surface area contributed by atoms with Crippen molar-refractivity contribution >= 4 is 30.3 Å². The number of amides is 1. The van der Waals surface area contributed by atoms with E-state index in [-0.39, 0.29) is 5.91 Å². The van der Waals surface area contributed by atoms with Crippen LogP contribution in [-0.4, -0.2) is 35.4 Å². The molecule has 1 aliphatic heterocycles. The predicted octanol–water partition coefficient (Wildman–Crippen LogP) is 2.48. The molecular formula is C13H17NOS2. The van der Waals surface area contributed by atoms with Crippen molar-refractivity contribution in [3.63, 3.8) is 0 Å². The van der Waals surface area contributed by atoms with Gasteiger partial charge in [-0.15, -0.1) is 12.6 Å². The van der Waals surface area contributed by atoms with Crippen LogP contribution in [0.1, 0.15) is 12.0 Å². The molecule has 0 atom stereocenters. The van der Waals surface area contributed by atoms with Crippen LogP contribution in [0.3, 0.4) is 0 Å². The van der Waals surface area contributed by atoms with Crippen LogP contribution < -0.4 is 0 Å². The van der Waals surface area contributed by atoms with Gasteiger partial charge in [-0.25, -0.2) is 0 Å². The van der Waals surface area contributed by atoms with E-state index in [0.29, 0.717) is 6.42 Å². The highest BCUT2D eigenvalue weighted by atomic mass is 32.2. The summed E-state index contributed by atoms with van der Waals surface area (Å²) in [6.45, 7) is 1.81. The molecule has 0 saturated carbocycles. The Bertz CT molecular complexity index is 370. The standard InChI is InChI=1S/C13H17NOS2/c15-13(14-6-1-8-17-9-7-14)10-11-2-4-12(16)5-3-11/h2-5,16H,1,6-10H2. The van der Waals surface area contributed by atoms with E-state index in [4.69, 9.17) is 0 Å². The molecule has 0 bridgehead atoms. The number of carbonyl (C=O) groups is 1. The molecule has 2 nitrogen and oxygen atoms in total. The Balaban J connectivity index is 1.93. The lowest BCUT2D eigenvalue weighted by Crippen LogP contribution is -2.34. The minimum Gasteiger partial charge on any atom is -0.342 e. The zero-order chi connectivity index (χ0) is 12.1. The quantitative estimate of drug-likeness (QED) is 0.831. The average molecular weight is 267 g/mol. The Morgan fingerprint density at radius 2 is 2.00 bits per heavy atom. The topological polar surface area (TPSA) is 20.3 Å². The fraction of sp³-hybridized carbons (Fsp3) is 0.462. The van der Waals surface area contributed by atoms with E-state index in [1.165, 1.54) is 5.75 Å². The van der Waals surface area contributed by atoms with Crippen molar-refractivity contribution in [3.8, 4) is 0 Å². The molecule has 1 heterocycles. The summed E-state index contributed by atoms with van der Waals surface area (Å²) in [5, 5.41) is 0. The third-order valence-corrected chi connectivity index (χ3v) is 4.21. The van der Waals surface area contributed by atoms with E-state index in [0.717, 1.165) is 35.7 Å². The van der Waals surface area contributed by atoms with Gasteiger partial charge in [-0.2, -0.15) is 11.8 Å². The molecule has 0 spiro atoms. The zero-order valence-corrected chi connectivity index (χ0v) is 11.5. The third kappa shape index (κ3) is 3.96. The van der Waals surface area contributed by atoms with Crippen LogP contribution in [0.4, 0.5) is 0 Å². The number of carbonyl (C=O) groups excluding carboxylic acids is 1. The highest BCUT2D eigenvalue weighted by Gasteiger charge is 2.15. The second-order valence-corrected chi connectivity index (χ2v) is 5.93. The maximum atomic E-state index is 12.1. The van der Waals surface area contributed by atoms with E-state index in [2.05, 4.69) is 12.6 Å². The lowest BCUT2D eigenvalue weighted by atomic mass is 10.1. The van der Waals surface area contributed by atoms with E-state index >= 15 is 0 Å². The summed E-state index contributed by atoms with van der Waals surface area (Å²) in [6, 6.07) is 7.83. The predicted molar refractivity (Wildman–Crippen MR) is 75.9 cm³/mol. The summed E-state index contributed by atoms with van der Waals surface area (Å²) in [4.78, 5) is 15.0. The monoisotopic (exact) mass is 267 g/mol. The highest BCUT2D eigenvalue weighted by Crippen LogP contribution is 2.13. The van der Waals surface area contributed by atoms with Gasteiger partial charge in [0.05, 0.1) is 6.42 Å². The van der Waals surface area contributed by atoms with Gasteiger partial charge in [0, 0.05) is 23.7 Å². The summed E-state index contributed by atoms with van der Waals surface area (Å²) in [6.07, 6.45) is 1.63. The molecule has 1 saturated heterocycles. The van der Waals surface area contributed by atoms with Crippen molar-refractivity contribution in [1.29, 1.82) is 0 Å². The number of benzene rings is 1. The first-order valence-electron chi connectivity index (χ1n) is 5.89. The molecule has 17 heavy (non-hydrogen) atoms. The smallest absolute Gasteiger partial charge is 0.227 e. The number of hydrogen-bond acceptors (Lipinski definition) is 3. The zero-order valence-electron chi connectivity index (χ0n) is 9.76. The van der Waals surface area contributed by atoms with Crippen LogP contribution in [-0.2, 0) is 11.2 Å². The molecule has 2 rings (SSSR count). The fourth-order valence-electron chi connectivity index (χ4n) is 1.90. The van der Waals surface area contributed by atoms with Crippen molar-refractivity contribution in [3.05, 3.63) is 29.8 Å². The number of thiol groups is 1. The lowest BCUT2D eigenvalue weighted by Gasteiger charge is -2.19. The van der Waals surface area contributed by atoms with Gasteiger partial charge >= 0.3 is 0 Å². The van der Waals surface area contributed by atoms with Gasteiger partial charge in [-0.1, -0.05) is 12.1 Å². The summed E-state index contributed by atoms with van der Waals surface area (Å²) in [5.41, 5.74) is 1.07. The number of nitrogens with zero attached hydrogens (tertiary/aromatic N) is 1. The first kappa shape index (κ1) is 12.8. The van der Waals surface area contributed by atoms with Crippen molar-refractivity contribution in [1.82, 2.24) is 4.90 Å². The summed E-state index contributed by atoms with van der Waals surface area (Å²) < 4.78 is 0. The summed E-state index contributed by atoms with van der Waals surface area (Å²) in [5.74, 6) is 2.50. The van der Waals surface area contributed by atoms with Gasteiger partial charge in [0.1, 0.15) is 0 Å². The molecule has 0 aromatic heterocycles. The van der Waals surface area contributed by atoms with Crippen LogP contribution in [0.25, 0.3) is 0 Å². The van der Waals surface area contributed by atoms with Gasteiger partial charge in [0.2, 0.25) is 5.91 Å². The fourth-order valence-corrected chi connectivity index (χ4v) is 2.93. The van der Waals surface area contributed by atoms with Crippen molar-refractivity contribution in [2.24, 2.45) is 0 Å². The highest BCUT2D eigenvalue weighted by molar-refractivity contribution is 7.99. The Hall–Kier alpha value is -0.610. The van der Waals surface area contributed by atoms with Gasteiger partial charge in [0.25, 0.3) is 0 Å². The normalized spacial score (nSPS) is 16.6. The van der Waals surface area contributed by atoms with Gasteiger partial charge in [0.15, 0.2) is 0 Å². The van der Waals surface area contributed by atoms with E-state index < -0.39 is 0 Å². The largest absolute Gasteiger partial charge is 0.342 e. The minimum atomic E-state index is 0.249. The van der Waals surface area contributed by atoms with Crippen molar-refractivity contribution in [2.75, 3.05) is 24.6 Å². The van der Waals surface area contributed by atoms with Crippen LogP contribution in [0.15, 0.2) is 29.2 Å². The van der Waals surface area contributed by atoms with Crippen LogP contribution in [0, 0.1) is 0 Å². The number of hydrogen-bond donors (Lipinski definition) is 1. The Morgan fingerprint density at radius 3 is 2.76 bits per heavy atom. The second-order valence-electron chi connectivity index (χ2n) is 4.19. The Morgan fingerprint density at radius 1 is 1.24 bits per heavy atom. The molecule has 1 aromatic rings. The van der Waals surface area contributed by atoms with Gasteiger partial charge < -0.3 is 4.90 Å². The van der Waals surface area contributed by atoms with Gasteiger partial charge in [-0.05, 0) is 29.9 Å². The Kier molecular flexibility index (Phi) is 4.80. The first-order valence-corrected chi connectivity index (χ1v) is 7.49. The average Bonchev–Trinajstić information content (AvgIpc) is 2.61. The summed E-state index contributed by atoms with van der Waals surface area (Å²) in [7, 11) is 0. The summed E-state index contributed by atoms with van der Waals surface area (Å²) >= 11 is 6.18.